The Bertz CT molecular complexity index is 402. The Morgan fingerprint density at radius 2 is 2.24 bits per heavy atom. The highest BCUT2D eigenvalue weighted by molar-refractivity contribution is 5.90. The molecule has 1 amide bonds. The van der Waals surface area contributed by atoms with Gasteiger partial charge in [0.25, 0.3) is 11.7 Å². The van der Waals surface area contributed by atoms with Crippen molar-refractivity contribution in [3.63, 3.8) is 0 Å². The van der Waals surface area contributed by atoms with Crippen LogP contribution in [0.15, 0.2) is 4.52 Å². The predicted molar refractivity (Wildman–Crippen MR) is 57.4 cm³/mol. The summed E-state index contributed by atoms with van der Waals surface area (Å²) in [7, 11) is 0. The summed E-state index contributed by atoms with van der Waals surface area (Å²) in [4.78, 5) is 25.7. The molecule has 0 radical (unpaired) electrons. The number of carboxylic acids is 1. The first-order chi connectivity index (χ1) is 8.00. The average molecular weight is 241 g/mol. The Kier molecular flexibility index (Phi) is 4.62. The highest BCUT2D eigenvalue weighted by Crippen LogP contribution is 2.04. The first-order valence-corrected chi connectivity index (χ1v) is 5.32. The van der Waals surface area contributed by atoms with Crippen LogP contribution in [0.2, 0.25) is 0 Å². The third-order valence-electron chi connectivity index (χ3n) is 2.25. The Morgan fingerprint density at radius 3 is 2.76 bits per heavy atom. The van der Waals surface area contributed by atoms with Gasteiger partial charge in [0.1, 0.15) is 0 Å². The molecule has 0 saturated carbocycles. The second-order valence-corrected chi connectivity index (χ2v) is 3.77. The van der Waals surface area contributed by atoms with Gasteiger partial charge in [-0.05, 0) is 12.8 Å². The molecule has 2 N–H and O–H groups in total. The molecule has 0 aliphatic carbocycles. The van der Waals surface area contributed by atoms with Gasteiger partial charge in [-0.1, -0.05) is 12.1 Å². The summed E-state index contributed by atoms with van der Waals surface area (Å²) in [6.07, 6.45) is 1.11. The molecule has 0 bridgehead atoms. The van der Waals surface area contributed by atoms with Crippen molar-refractivity contribution < 1.29 is 19.2 Å². The number of aryl methyl sites for hydroxylation is 1. The molecule has 0 fully saturated rings. The quantitative estimate of drug-likeness (QED) is 0.707. The predicted octanol–water partition coefficient (Wildman–Crippen LogP) is 0.609. The molecular formula is C10H15N3O4. The third kappa shape index (κ3) is 4.21. The number of aliphatic carboxylic acids is 1. The van der Waals surface area contributed by atoms with Gasteiger partial charge in [-0.2, -0.15) is 4.98 Å². The number of nitrogens with one attached hydrogen (secondary N) is 1. The van der Waals surface area contributed by atoms with Crippen molar-refractivity contribution in [1.29, 1.82) is 0 Å². The van der Waals surface area contributed by atoms with Gasteiger partial charge in [-0.25, -0.2) is 0 Å². The molecule has 1 atom stereocenters. The number of rotatable bonds is 6. The molecule has 94 valence electrons. The van der Waals surface area contributed by atoms with Gasteiger partial charge in [0.15, 0.2) is 0 Å². The molecule has 1 heterocycles. The van der Waals surface area contributed by atoms with E-state index in [9.17, 15) is 9.59 Å². The zero-order valence-corrected chi connectivity index (χ0v) is 9.77. The zero-order chi connectivity index (χ0) is 12.8. The van der Waals surface area contributed by atoms with E-state index in [0.29, 0.717) is 25.3 Å². The van der Waals surface area contributed by atoms with Gasteiger partial charge < -0.3 is 14.9 Å². The molecule has 1 rings (SSSR count). The number of carbonyl (C=O) groups is 2. The van der Waals surface area contributed by atoms with Crippen molar-refractivity contribution in [3.05, 3.63) is 11.7 Å². The fourth-order valence-electron chi connectivity index (χ4n) is 1.20. The van der Waals surface area contributed by atoms with Crippen LogP contribution >= 0.6 is 0 Å². The fourth-order valence-corrected chi connectivity index (χ4v) is 1.20. The Morgan fingerprint density at radius 1 is 1.53 bits per heavy atom. The number of hydrogen-bond donors (Lipinski definition) is 2. The SMILES string of the molecule is Cc1nc(C(=O)NCCCC(C)C(=O)O)no1. The van der Waals surface area contributed by atoms with Crippen LogP contribution in [0.1, 0.15) is 36.3 Å². The van der Waals surface area contributed by atoms with E-state index in [-0.39, 0.29) is 5.82 Å². The second-order valence-electron chi connectivity index (χ2n) is 3.77. The van der Waals surface area contributed by atoms with E-state index in [1.165, 1.54) is 0 Å². The van der Waals surface area contributed by atoms with Gasteiger partial charge >= 0.3 is 5.97 Å². The molecular weight excluding hydrogens is 226 g/mol. The summed E-state index contributed by atoms with van der Waals surface area (Å²) < 4.78 is 4.66. The van der Waals surface area contributed by atoms with Crippen LogP contribution in [0.3, 0.4) is 0 Å². The van der Waals surface area contributed by atoms with E-state index in [4.69, 9.17) is 5.11 Å². The van der Waals surface area contributed by atoms with Gasteiger partial charge in [0, 0.05) is 13.5 Å². The minimum atomic E-state index is -0.829. The molecule has 1 unspecified atom stereocenters. The minimum Gasteiger partial charge on any atom is -0.481 e. The summed E-state index contributed by atoms with van der Waals surface area (Å²) in [5, 5.41) is 14.7. The van der Waals surface area contributed by atoms with Crippen molar-refractivity contribution in [2.45, 2.75) is 26.7 Å². The second kappa shape index (κ2) is 5.97. The van der Waals surface area contributed by atoms with E-state index >= 15 is 0 Å². The van der Waals surface area contributed by atoms with E-state index in [1.807, 2.05) is 0 Å². The lowest BCUT2D eigenvalue weighted by molar-refractivity contribution is -0.141. The maximum atomic E-state index is 11.4. The van der Waals surface area contributed by atoms with Crippen LogP contribution in [0.4, 0.5) is 0 Å². The Hall–Kier alpha value is -1.92. The van der Waals surface area contributed by atoms with Gasteiger partial charge in [-0.3, -0.25) is 9.59 Å². The first-order valence-electron chi connectivity index (χ1n) is 5.32. The lowest BCUT2D eigenvalue weighted by atomic mass is 10.1. The summed E-state index contributed by atoms with van der Waals surface area (Å²) in [5.74, 6) is -1.32. The standard InChI is InChI=1S/C10H15N3O4/c1-6(10(15)16)4-3-5-11-9(14)8-12-7(2)17-13-8/h6H,3-5H2,1-2H3,(H,11,14)(H,15,16). The van der Waals surface area contributed by atoms with Gasteiger partial charge in [0.05, 0.1) is 5.92 Å². The number of amides is 1. The first kappa shape index (κ1) is 13.1. The molecule has 0 aliphatic heterocycles. The molecule has 17 heavy (non-hydrogen) atoms. The number of carboxylic acid groups (broad SMARTS) is 1. The van der Waals surface area contributed by atoms with Crippen LogP contribution in [0, 0.1) is 12.8 Å². The largest absolute Gasteiger partial charge is 0.481 e. The number of hydrogen-bond acceptors (Lipinski definition) is 5. The maximum absolute atomic E-state index is 11.4. The van der Waals surface area contributed by atoms with Crippen molar-refractivity contribution in [1.82, 2.24) is 15.5 Å². The molecule has 1 aromatic rings. The van der Waals surface area contributed by atoms with Crippen LogP contribution in [-0.4, -0.2) is 33.7 Å². The van der Waals surface area contributed by atoms with Crippen molar-refractivity contribution in [2.24, 2.45) is 5.92 Å². The Labute approximate surface area is 98.2 Å². The summed E-state index contributed by atoms with van der Waals surface area (Å²) in [6.45, 7) is 3.62. The summed E-state index contributed by atoms with van der Waals surface area (Å²) >= 11 is 0. The third-order valence-corrected chi connectivity index (χ3v) is 2.25. The number of aromatic nitrogens is 2. The smallest absolute Gasteiger partial charge is 0.306 e. The lowest BCUT2D eigenvalue weighted by Crippen LogP contribution is -2.26. The van der Waals surface area contributed by atoms with Crippen LogP contribution in [0.5, 0.6) is 0 Å². The number of nitrogens with zero attached hydrogens (tertiary/aromatic N) is 2. The van der Waals surface area contributed by atoms with Crippen LogP contribution in [0.25, 0.3) is 0 Å². The van der Waals surface area contributed by atoms with Crippen LogP contribution in [-0.2, 0) is 4.79 Å². The molecule has 0 spiro atoms. The molecule has 0 aromatic carbocycles. The summed E-state index contributed by atoms with van der Waals surface area (Å²) in [5.41, 5.74) is 0. The van der Waals surface area contributed by atoms with Crippen molar-refractivity contribution in [3.8, 4) is 0 Å². The van der Waals surface area contributed by atoms with Crippen LogP contribution < -0.4 is 5.32 Å². The molecule has 7 heteroatoms. The normalized spacial score (nSPS) is 12.1. The molecule has 0 saturated heterocycles. The minimum absolute atomic E-state index is 0.00576. The lowest BCUT2D eigenvalue weighted by Gasteiger charge is -2.05. The fraction of sp³-hybridized carbons (Fsp3) is 0.600. The van der Waals surface area contributed by atoms with Gasteiger partial charge in [0.2, 0.25) is 5.89 Å². The van der Waals surface area contributed by atoms with E-state index in [1.54, 1.807) is 13.8 Å². The highest BCUT2D eigenvalue weighted by Gasteiger charge is 2.13. The van der Waals surface area contributed by atoms with E-state index in [2.05, 4.69) is 20.0 Å². The van der Waals surface area contributed by atoms with Gasteiger partial charge in [-0.15, -0.1) is 0 Å². The van der Waals surface area contributed by atoms with E-state index < -0.39 is 17.8 Å². The maximum Gasteiger partial charge on any atom is 0.306 e. The van der Waals surface area contributed by atoms with E-state index in [0.717, 1.165) is 0 Å². The topological polar surface area (TPSA) is 105 Å². The Balaban J connectivity index is 2.23. The van der Waals surface area contributed by atoms with Crippen molar-refractivity contribution in [2.75, 3.05) is 6.54 Å². The average Bonchev–Trinajstić information content (AvgIpc) is 2.70. The molecule has 0 aliphatic rings. The molecule has 7 nitrogen and oxygen atoms in total. The number of carbonyl (C=O) groups excluding carboxylic acids is 1. The monoisotopic (exact) mass is 241 g/mol. The zero-order valence-electron chi connectivity index (χ0n) is 9.77. The summed E-state index contributed by atoms with van der Waals surface area (Å²) in [6, 6.07) is 0. The van der Waals surface area contributed by atoms with Crippen molar-refractivity contribution >= 4 is 11.9 Å². The molecule has 1 aromatic heterocycles. The highest BCUT2D eigenvalue weighted by atomic mass is 16.5.